The van der Waals surface area contributed by atoms with E-state index in [1.807, 2.05) is 32.1 Å². The fourth-order valence-electron chi connectivity index (χ4n) is 2.95. The molecule has 20 heavy (non-hydrogen) atoms. The Morgan fingerprint density at radius 3 is 2.00 bits per heavy atom. The maximum absolute atomic E-state index is 6.80. The van der Waals surface area contributed by atoms with Gasteiger partial charge in [-0.25, -0.2) is 0 Å². The lowest BCUT2D eigenvalue weighted by atomic mass is 9.84. The molecule has 0 atom stereocenters. The van der Waals surface area contributed by atoms with Gasteiger partial charge in [0.2, 0.25) is 0 Å². The summed E-state index contributed by atoms with van der Waals surface area (Å²) in [6.45, 7) is 3.95. The molecule has 2 N–H and O–H groups in total. The van der Waals surface area contributed by atoms with Gasteiger partial charge in [0.1, 0.15) is 5.54 Å². The molecule has 1 aliphatic carbocycles. The van der Waals surface area contributed by atoms with Crippen LogP contribution in [-0.2, 0) is 5.54 Å². The molecule has 2 nitrogen and oxygen atoms in total. The highest BCUT2D eigenvalue weighted by Crippen LogP contribution is 2.46. The Hall–Kier alpha value is -2.19. The van der Waals surface area contributed by atoms with Crippen LogP contribution in [0.3, 0.4) is 0 Å². The first-order valence-electron chi connectivity index (χ1n) is 6.84. The number of hydrogen-bond donors (Lipinski definition) is 1. The normalized spacial score (nSPS) is 16.2. The Balaban J connectivity index is 2.31. The minimum atomic E-state index is -0.632. The number of rotatable bonds is 2. The number of nitrogens with zero attached hydrogens (tertiary/aromatic N) is 1. The molecule has 0 fully saturated rings. The summed E-state index contributed by atoms with van der Waals surface area (Å²) in [7, 11) is 0. The van der Waals surface area contributed by atoms with E-state index in [1.54, 1.807) is 6.20 Å². The van der Waals surface area contributed by atoms with Crippen molar-refractivity contribution in [2.75, 3.05) is 0 Å². The van der Waals surface area contributed by atoms with Gasteiger partial charge in [-0.1, -0.05) is 54.6 Å². The third-order valence-corrected chi connectivity index (χ3v) is 3.98. The van der Waals surface area contributed by atoms with E-state index in [0.717, 1.165) is 16.8 Å². The van der Waals surface area contributed by atoms with Gasteiger partial charge in [0.05, 0.1) is 0 Å². The van der Waals surface area contributed by atoms with Crippen LogP contribution in [0.2, 0.25) is 0 Å². The molecule has 0 aliphatic heterocycles. The molecular weight excluding hydrogens is 244 g/mol. The van der Waals surface area contributed by atoms with E-state index in [-0.39, 0.29) is 0 Å². The van der Waals surface area contributed by atoms with E-state index in [1.165, 1.54) is 11.1 Å². The van der Waals surface area contributed by atoms with Gasteiger partial charge in [0.15, 0.2) is 0 Å². The number of nitrogens with two attached hydrogens (primary N) is 1. The van der Waals surface area contributed by atoms with Gasteiger partial charge >= 0.3 is 0 Å². The van der Waals surface area contributed by atoms with Crippen LogP contribution in [0.25, 0.3) is 11.1 Å². The van der Waals surface area contributed by atoms with Crippen molar-refractivity contribution in [3.05, 3.63) is 71.9 Å². The molecule has 2 aromatic carbocycles. The smallest absolute Gasteiger partial charge is 0.106 e. The van der Waals surface area contributed by atoms with Crippen molar-refractivity contribution in [2.24, 2.45) is 10.7 Å². The van der Waals surface area contributed by atoms with Crippen LogP contribution in [0.15, 0.2) is 65.8 Å². The van der Waals surface area contributed by atoms with E-state index in [9.17, 15) is 0 Å². The Morgan fingerprint density at radius 1 is 1.00 bits per heavy atom. The standard InChI is InChI=1S/C18H18N2/c1-3-12-20-13(2)18(19)16-10-6-4-8-14(16)15-9-5-7-11-17(15)18/h3-12H,19H2,1-2H3/b12-3-,20-13?. The maximum Gasteiger partial charge on any atom is 0.106 e. The van der Waals surface area contributed by atoms with E-state index in [0.29, 0.717) is 0 Å². The predicted octanol–water partition coefficient (Wildman–Crippen LogP) is 3.86. The van der Waals surface area contributed by atoms with Gasteiger partial charge in [-0.15, -0.1) is 0 Å². The molecular formula is C18H18N2. The number of aliphatic imine (C=N–C) groups is 1. The third kappa shape index (κ3) is 1.65. The van der Waals surface area contributed by atoms with Crippen molar-refractivity contribution >= 4 is 5.71 Å². The minimum absolute atomic E-state index is 0.632. The average Bonchev–Trinajstić information content (AvgIpc) is 2.77. The fourth-order valence-corrected chi connectivity index (χ4v) is 2.95. The van der Waals surface area contributed by atoms with Gasteiger partial charge < -0.3 is 5.73 Å². The number of allylic oxidation sites excluding steroid dienone is 1. The van der Waals surface area contributed by atoms with Crippen LogP contribution >= 0.6 is 0 Å². The molecule has 0 spiro atoms. The van der Waals surface area contributed by atoms with Gasteiger partial charge in [0.25, 0.3) is 0 Å². The lowest BCUT2D eigenvalue weighted by Gasteiger charge is -2.27. The highest BCUT2D eigenvalue weighted by atomic mass is 14.9. The van der Waals surface area contributed by atoms with Crippen molar-refractivity contribution in [3.63, 3.8) is 0 Å². The summed E-state index contributed by atoms with van der Waals surface area (Å²) in [4.78, 5) is 4.51. The van der Waals surface area contributed by atoms with Crippen LogP contribution < -0.4 is 5.73 Å². The van der Waals surface area contributed by atoms with Crippen LogP contribution in [0, 0.1) is 0 Å². The van der Waals surface area contributed by atoms with E-state index >= 15 is 0 Å². The van der Waals surface area contributed by atoms with Crippen LogP contribution in [0.1, 0.15) is 25.0 Å². The summed E-state index contributed by atoms with van der Waals surface area (Å²) in [5.41, 5.74) is 11.8. The molecule has 0 radical (unpaired) electrons. The van der Waals surface area contributed by atoms with E-state index in [2.05, 4.69) is 41.4 Å². The molecule has 0 aromatic heterocycles. The quantitative estimate of drug-likeness (QED) is 0.820. The largest absolute Gasteiger partial charge is 0.313 e. The molecule has 2 aromatic rings. The third-order valence-electron chi connectivity index (χ3n) is 3.98. The number of benzene rings is 2. The second-order valence-electron chi connectivity index (χ2n) is 5.10. The molecule has 0 amide bonds. The summed E-state index contributed by atoms with van der Waals surface area (Å²) in [5.74, 6) is 0. The van der Waals surface area contributed by atoms with Gasteiger partial charge in [-0.05, 0) is 36.1 Å². The van der Waals surface area contributed by atoms with Crippen molar-refractivity contribution in [2.45, 2.75) is 19.4 Å². The molecule has 0 saturated carbocycles. The highest BCUT2D eigenvalue weighted by Gasteiger charge is 2.41. The van der Waals surface area contributed by atoms with Crippen LogP contribution in [-0.4, -0.2) is 5.71 Å². The summed E-state index contributed by atoms with van der Waals surface area (Å²) < 4.78 is 0. The second-order valence-corrected chi connectivity index (χ2v) is 5.10. The zero-order valence-electron chi connectivity index (χ0n) is 11.8. The molecule has 1 aliphatic rings. The van der Waals surface area contributed by atoms with Crippen molar-refractivity contribution in [1.82, 2.24) is 0 Å². The van der Waals surface area contributed by atoms with Crippen molar-refractivity contribution in [3.8, 4) is 11.1 Å². The SMILES string of the molecule is C/C=C\N=C(C)C1(N)c2ccccc2-c2ccccc21. The Kier molecular flexibility index (Phi) is 3.03. The molecule has 100 valence electrons. The molecule has 2 heteroatoms. The predicted molar refractivity (Wildman–Crippen MR) is 84.8 cm³/mol. The first kappa shape index (κ1) is 12.8. The summed E-state index contributed by atoms with van der Waals surface area (Å²) in [5, 5.41) is 0. The Labute approximate surface area is 119 Å². The lowest BCUT2D eigenvalue weighted by molar-refractivity contribution is 0.746. The minimum Gasteiger partial charge on any atom is -0.313 e. The molecule has 0 unspecified atom stereocenters. The van der Waals surface area contributed by atoms with Gasteiger partial charge in [-0.3, -0.25) is 4.99 Å². The summed E-state index contributed by atoms with van der Waals surface area (Å²) in [6, 6.07) is 16.6. The summed E-state index contributed by atoms with van der Waals surface area (Å²) >= 11 is 0. The zero-order valence-corrected chi connectivity index (χ0v) is 11.8. The average molecular weight is 262 g/mol. The fraction of sp³-hybridized carbons (Fsp3) is 0.167. The van der Waals surface area contributed by atoms with Crippen molar-refractivity contribution in [1.29, 1.82) is 0 Å². The zero-order chi connectivity index (χ0) is 14.2. The van der Waals surface area contributed by atoms with Gasteiger partial charge in [0, 0.05) is 11.9 Å². The van der Waals surface area contributed by atoms with Crippen LogP contribution in [0.5, 0.6) is 0 Å². The second kappa shape index (κ2) is 4.73. The number of fused-ring (bicyclic) bond motifs is 3. The lowest BCUT2D eigenvalue weighted by Crippen LogP contribution is -2.43. The van der Waals surface area contributed by atoms with Crippen molar-refractivity contribution < 1.29 is 0 Å². The Bertz CT molecular complexity index is 665. The topological polar surface area (TPSA) is 38.4 Å². The summed E-state index contributed by atoms with van der Waals surface area (Å²) in [6.07, 6.45) is 3.72. The van der Waals surface area contributed by atoms with Crippen LogP contribution in [0.4, 0.5) is 0 Å². The van der Waals surface area contributed by atoms with E-state index in [4.69, 9.17) is 5.73 Å². The Morgan fingerprint density at radius 2 is 1.50 bits per heavy atom. The molecule has 0 bridgehead atoms. The molecule has 3 rings (SSSR count). The number of hydrogen-bond acceptors (Lipinski definition) is 2. The monoisotopic (exact) mass is 262 g/mol. The molecule has 0 saturated heterocycles. The highest BCUT2D eigenvalue weighted by molar-refractivity contribution is 6.03. The molecule has 0 heterocycles. The maximum atomic E-state index is 6.80. The first-order valence-corrected chi connectivity index (χ1v) is 6.84. The first-order chi connectivity index (χ1) is 9.69. The van der Waals surface area contributed by atoms with Gasteiger partial charge in [-0.2, -0.15) is 0 Å². The van der Waals surface area contributed by atoms with E-state index < -0.39 is 5.54 Å².